The smallest absolute Gasteiger partial charge is 0.337 e. The molecule has 3 atom stereocenters. The second-order valence-electron chi connectivity index (χ2n) is 14.7. The third-order valence-corrected chi connectivity index (χ3v) is 11.6. The number of ether oxygens (including phenoxy) is 1. The number of anilines is 4. The number of methoxy groups -OCH3 is 1. The Bertz CT molecular complexity index is 1880. The van der Waals surface area contributed by atoms with Gasteiger partial charge in [-0.05, 0) is 105 Å². The SMILES string of the molecule is COC(=O)c1cccc(CNc2ccc(NC(=O)Nc3ccc(NC(=O)CCCCCNC(=O)CCCCCNC(=O)CCC[C@@H]4SC[C@@H]5NC(=O)N[C@@H]54)cc3)cc2)c1. The molecule has 59 heavy (non-hydrogen) atoms. The van der Waals surface area contributed by atoms with Crippen molar-refractivity contribution >= 4 is 70.3 Å². The largest absolute Gasteiger partial charge is 0.465 e. The molecule has 0 radical (unpaired) electrons. The number of unbranched alkanes of at least 4 members (excludes halogenated alkanes) is 4. The first-order valence-corrected chi connectivity index (χ1v) is 21.4. The standard InChI is InChI=1S/C43H56N8O7S/c1-58-41(55)30-11-8-10-29(26-30)27-46-31-16-18-33(19-17-31)48-42(56)49-34-22-20-32(21-23-34)47-39(54)14-5-3-7-24-44-37(52)13-4-2-6-25-45-38(53)15-9-12-36-40-35(28-59-36)50-43(57)51-40/h8,10-11,16-23,26,35-36,40,46H,2-7,9,12-15,24-25,27-28H2,1H3,(H,44,52)(H,45,53)(H,47,54)(H2,48,49,56)(H2,50,51,57)/t35-,36-,40-/m0/s1. The summed E-state index contributed by atoms with van der Waals surface area (Å²) in [6.45, 7) is 1.69. The summed E-state index contributed by atoms with van der Waals surface area (Å²) >= 11 is 1.86. The zero-order valence-electron chi connectivity index (χ0n) is 33.5. The monoisotopic (exact) mass is 828 g/mol. The lowest BCUT2D eigenvalue weighted by molar-refractivity contribution is -0.122. The summed E-state index contributed by atoms with van der Waals surface area (Å²) in [5.41, 5.74) is 4.07. The van der Waals surface area contributed by atoms with Crippen LogP contribution in [0.1, 0.15) is 86.6 Å². The van der Waals surface area contributed by atoms with Gasteiger partial charge in [0.05, 0.1) is 24.8 Å². The lowest BCUT2D eigenvalue weighted by Gasteiger charge is -2.16. The van der Waals surface area contributed by atoms with E-state index in [1.54, 1.807) is 54.6 Å². The quantitative estimate of drug-likeness (QED) is 0.0304. The van der Waals surface area contributed by atoms with Crippen LogP contribution in [0.5, 0.6) is 0 Å². The van der Waals surface area contributed by atoms with Gasteiger partial charge in [0.25, 0.3) is 0 Å². The Morgan fingerprint density at radius 2 is 1.25 bits per heavy atom. The van der Waals surface area contributed by atoms with E-state index in [2.05, 4.69) is 42.5 Å². The van der Waals surface area contributed by atoms with Crippen molar-refractivity contribution in [1.82, 2.24) is 21.3 Å². The van der Waals surface area contributed by atoms with Crippen molar-refractivity contribution in [3.63, 3.8) is 0 Å². The van der Waals surface area contributed by atoms with E-state index in [1.807, 2.05) is 30.0 Å². The first-order chi connectivity index (χ1) is 28.6. The molecule has 2 aliphatic heterocycles. The van der Waals surface area contributed by atoms with Gasteiger partial charge in [0, 0.05) is 72.6 Å². The molecule has 0 aromatic heterocycles. The summed E-state index contributed by atoms with van der Waals surface area (Å²) in [4.78, 5) is 72.7. The third kappa shape index (κ3) is 15.5. The molecule has 16 heteroatoms. The van der Waals surface area contributed by atoms with E-state index in [0.717, 1.165) is 61.9 Å². The van der Waals surface area contributed by atoms with E-state index in [0.29, 0.717) is 73.2 Å². The maximum atomic E-state index is 12.6. The number of fused-ring (bicyclic) bond motifs is 1. The summed E-state index contributed by atoms with van der Waals surface area (Å²) in [6, 6.07) is 21.2. The number of benzene rings is 3. The second-order valence-corrected chi connectivity index (χ2v) is 15.9. The number of nitrogens with one attached hydrogen (secondary N) is 8. The number of thioether (sulfide) groups is 1. The van der Waals surface area contributed by atoms with Crippen LogP contribution in [0.2, 0.25) is 0 Å². The average molecular weight is 829 g/mol. The molecule has 0 unspecified atom stereocenters. The summed E-state index contributed by atoms with van der Waals surface area (Å²) in [7, 11) is 1.35. The molecule has 0 spiro atoms. The Balaban J connectivity index is 0.832. The Hall–Kier alpha value is -5.77. The predicted octanol–water partition coefficient (Wildman–Crippen LogP) is 6.36. The van der Waals surface area contributed by atoms with Gasteiger partial charge in [0.15, 0.2) is 0 Å². The topological polar surface area (TPSA) is 208 Å². The molecule has 5 rings (SSSR count). The van der Waals surface area contributed by atoms with Gasteiger partial charge in [0.2, 0.25) is 17.7 Å². The van der Waals surface area contributed by atoms with Gasteiger partial charge in [-0.15, -0.1) is 0 Å². The molecular weight excluding hydrogens is 773 g/mol. The fraction of sp³-hybridized carbons (Fsp3) is 0.442. The molecule has 0 bridgehead atoms. The van der Waals surface area contributed by atoms with Crippen molar-refractivity contribution in [3.8, 4) is 0 Å². The number of urea groups is 2. The molecule has 8 N–H and O–H groups in total. The van der Waals surface area contributed by atoms with Crippen LogP contribution in [0.25, 0.3) is 0 Å². The van der Waals surface area contributed by atoms with E-state index in [9.17, 15) is 28.8 Å². The minimum Gasteiger partial charge on any atom is -0.465 e. The van der Waals surface area contributed by atoms with Gasteiger partial charge >= 0.3 is 18.0 Å². The second kappa shape index (κ2) is 23.6. The van der Waals surface area contributed by atoms with Gasteiger partial charge in [-0.2, -0.15) is 11.8 Å². The lowest BCUT2D eigenvalue weighted by Crippen LogP contribution is -2.37. The fourth-order valence-electron chi connectivity index (χ4n) is 6.87. The van der Waals surface area contributed by atoms with Crippen LogP contribution in [-0.2, 0) is 25.7 Å². The maximum Gasteiger partial charge on any atom is 0.337 e. The fourth-order valence-corrected chi connectivity index (χ4v) is 8.41. The van der Waals surface area contributed by atoms with Gasteiger partial charge in [0.1, 0.15) is 0 Å². The summed E-state index contributed by atoms with van der Waals surface area (Å²) in [5.74, 6) is 0.500. The molecular formula is C43H56N8O7S. The zero-order valence-corrected chi connectivity index (χ0v) is 34.3. The van der Waals surface area contributed by atoms with Gasteiger partial charge in [-0.25, -0.2) is 14.4 Å². The van der Waals surface area contributed by atoms with Crippen LogP contribution in [0.15, 0.2) is 72.8 Å². The Morgan fingerprint density at radius 1 is 0.678 bits per heavy atom. The Labute approximate surface area is 349 Å². The van der Waals surface area contributed by atoms with Crippen LogP contribution in [0.4, 0.5) is 32.3 Å². The predicted molar refractivity (Wildman–Crippen MR) is 232 cm³/mol. The number of amides is 7. The van der Waals surface area contributed by atoms with Crippen molar-refractivity contribution in [2.75, 3.05) is 47.2 Å². The average Bonchev–Trinajstić information content (AvgIpc) is 3.79. The minimum atomic E-state index is -0.406. The van der Waals surface area contributed by atoms with E-state index in [4.69, 9.17) is 4.74 Å². The first kappa shape index (κ1) is 44.3. The highest BCUT2D eigenvalue weighted by atomic mass is 32.2. The number of hydrogen-bond donors (Lipinski definition) is 8. The van der Waals surface area contributed by atoms with Crippen molar-refractivity contribution in [1.29, 1.82) is 0 Å². The molecule has 0 aliphatic carbocycles. The number of carbonyl (C=O) groups excluding carboxylic acids is 6. The van der Waals surface area contributed by atoms with Crippen LogP contribution >= 0.6 is 11.8 Å². The normalized spacial score (nSPS) is 16.5. The van der Waals surface area contributed by atoms with Crippen molar-refractivity contribution < 1.29 is 33.5 Å². The summed E-state index contributed by atoms with van der Waals surface area (Å²) in [6.07, 6.45) is 7.76. The van der Waals surface area contributed by atoms with Crippen LogP contribution in [0.3, 0.4) is 0 Å². The Morgan fingerprint density at radius 3 is 1.88 bits per heavy atom. The van der Waals surface area contributed by atoms with Crippen LogP contribution in [-0.4, -0.2) is 79.0 Å². The highest BCUT2D eigenvalue weighted by Crippen LogP contribution is 2.33. The van der Waals surface area contributed by atoms with Crippen molar-refractivity contribution in [2.24, 2.45) is 0 Å². The third-order valence-electron chi connectivity index (χ3n) is 10.1. The summed E-state index contributed by atoms with van der Waals surface area (Å²) in [5, 5.41) is 23.9. The number of rotatable bonds is 23. The molecule has 3 aromatic carbocycles. The van der Waals surface area contributed by atoms with Gasteiger partial charge in [-0.3, -0.25) is 14.4 Å². The van der Waals surface area contributed by atoms with Gasteiger partial charge < -0.3 is 47.3 Å². The molecule has 2 aliphatic rings. The van der Waals surface area contributed by atoms with E-state index >= 15 is 0 Å². The summed E-state index contributed by atoms with van der Waals surface area (Å²) < 4.78 is 4.78. The molecule has 15 nitrogen and oxygen atoms in total. The van der Waals surface area contributed by atoms with Crippen molar-refractivity contribution in [3.05, 3.63) is 83.9 Å². The zero-order chi connectivity index (χ0) is 41.8. The van der Waals surface area contributed by atoms with Gasteiger partial charge in [-0.1, -0.05) is 25.0 Å². The number of esters is 1. The van der Waals surface area contributed by atoms with E-state index in [1.165, 1.54) is 7.11 Å². The minimum absolute atomic E-state index is 0.0173. The van der Waals surface area contributed by atoms with E-state index in [-0.39, 0.29) is 41.8 Å². The molecule has 2 saturated heterocycles. The Kier molecular flexibility index (Phi) is 17.7. The van der Waals surface area contributed by atoms with Crippen LogP contribution < -0.4 is 42.5 Å². The number of hydrogen-bond acceptors (Lipinski definition) is 9. The number of carbonyl (C=O) groups is 6. The first-order valence-electron chi connectivity index (χ1n) is 20.4. The molecule has 7 amide bonds. The van der Waals surface area contributed by atoms with Crippen molar-refractivity contribution in [2.45, 2.75) is 94.5 Å². The highest BCUT2D eigenvalue weighted by Gasteiger charge is 2.42. The van der Waals surface area contributed by atoms with Crippen LogP contribution in [0, 0.1) is 0 Å². The molecule has 2 fully saturated rings. The molecule has 0 saturated carbocycles. The lowest BCUT2D eigenvalue weighted by atomic mass is 10.0. The molecule has 3 aromatic rings. The molecule has 2 heterocycles. The highest BCUT2D eigenvalue weighted by molar-refractivity contribution is 8.00. The van der Waals surface area contributed by atoms with E-state index < -0.39 is 6.03 Å². The molecule has 316 valence electrons. The maximum absolute atomic E-state index is 12.6.